The number of carbonyl (C=O) groups is 2. The van der Waals surface area contributed by atoms with Crippen LogP contribution < -0.4 is 5.32 Å². The van der Waals surface area contributed by atoms with E-state index in [2.05, 4.69) is 15.4 Å². The van der Waals surface area contributed by atoms with Crippen molar-refractivity contribution >= 4 is 11.9 Å². The van der Waals surface area contributed by atoms with Gasteiger partial charge in [-0.3, -0.25) is 4.79 Å². The standard InChI is InChI=1S/C12H12N4O3/c17-11(6-16-8-13-7-15-16)14-5-9-1-3-10(4-2-9)12(18)19/h1-4,7-8H,5-6H2,(H,14,17)(H,18,19). The summed E-state index contributed by atoms with van der Waals surface area (Å²) < 4.78 is 1.42. The molecule has 1 aromatic heterocycles. The Morgan fingerprint density at radius 1 is 1.26 bits per heavy atom. The van der Waals surface area contributed by atoms with E-state index in [0.29, 0.717) is 6.54 Å². The molecule has 7 nitrogen and oxygen atoms in total. The molecule has 0 fully saturated rings. The van der Waals surface area contributed by atoms with Gasteiger partial charge < -0.3 is 10.4 Å². The first kappa shape index (κ1) is 12.7. The molecule has 1 aromatic carbocycles. The van der Waals surface area contributed by atoms with Gasteiger partial charge in [-0.25, -0.2) is 14.5 Å². The molecular formula is C12H12N4O3. The van der Waals surface area contributed by atoms with Crippen LogP contribution in [0.4, 0.5) is 0 Å². The lowest BCUT2D eigenvalue weighted by Gasteiger charge is -2.05. The van der Waals surface area contributed by atoms with Crippen LogP contribution in [-0.2, 0) is 17.9 Å². The third kappa shape index (κ3) is 3.63. The maximum Gasteiger partial charge on any atom is 0.335 e. The molecule has 0 atom stereocenters. The van der Waals surface area contributed by atoms with Gasteiger partial charge in [-0.2, -0.15) is 5.10 Å². The topological polar surface area (TPSA) is 97.1 Å². The molecule has 0 aliphatic heterocycles. The molecule has 2 N–H and O–H groups in total. The molecule has 0 aliphatic carbocycles. The highest BCUT2D eigenvalue weighted by molar-refractivity contribution is 5.87. The first-order valence-corrected chi connectivity index (χ1v) is 5.56. The van der Waals surface area contributed by atoms with E-state index in [1.807, 2.05) is 0 Å². The molecule has 98 valence electrons. The molecule has 2 rings (SSSR count). The van der Waals surface area contributed by atoms with E-state index in [0.717, 1.165) is 5.56 Å². The van der Waals surface area contributed by atoms with Gasteiger partial charge in [0.1, 0.15) is 19.2 Å². The number of carbonyl (C=O) groups excluding carboxylic acids is 1. The SMILES string of the molecule is O=C(Cn1cncn1)NCc1ccc(C(=O)O)cc1. The van der Waals surface area contributed by atoms with Gasteiger partial charge in [0.05, 0.1) is 5.56 Å². The average molecular weight is 260 g/mol. The third-order valence-corrected chi connectivity index (χ3v) is 2.46. The van der Waals surface area contributed by atoms with E-state index in [-0.39, 0.29) is 18.0 Å². The van der Waals surface area contributed by atoms with Crippen molar-refractivity contribution in [3.63, 3.8) is 0 Å². The van der Waals surface area contributed by atoms with Crippen molar-refractivity contribution in [1.29, 1.82) is 0 Å². The Morgan fingerprint density at radius 2 is 2.00 bits per heavy atom. The van der Waals surface area contributed by atoms with Crippen molar-refractivity contribution in [2.45, 2.75) is 13.1 Å². The summed E-state index contributed by atoms with van der Waals surface area (Å²) in [6.45, 7) is 0.445. The van der Waals surface area contributed by atoms with Crippen LogP contribution in [0.1, 0.15) is 15.9 Å². The Morgan fingerprint density at radius 3 is 2.58 bits per heavy atom. The molecule has 0 saturated carbocycles. The van der Waals surface area contributed by atoms with Gasteiger partial charge in [0.2, 0.25) is 5.91 Å². The van der Waals surface area contributed by atoms with E-state index in [4.69, 9.17) is 5.11 Å². The number of carboxylic acids is 1. The van der Waals surface area contributed by atoms with Crippen LogP contribution >= 0.6 is 0 Å². The molecule has 0 unspecified atom stereocenters. The van der Waals surface area contributed by atoms with Crippen LogP contribution in [0.3, 0.4) is 0 Å². The minimum Gasteiger partial charge on any atom is -0.478 e. The molecule has 1 heterocycles. The highest BCUT2D eigenvalue weighted by Crippen LogP contribution is 2.04. The van der Waals surface area contributed by atoms with Crippen LogP contribution in [-0.4, -0.2) is 31.7 Å². The minimum absolute atomic E-state index is 0.104. The van der Waals surface area contributed by atoms with Gasteiger partial charge in [0.25, 0.3) is 0 Å². The van der Waals surface area contributed by atoms with E-state index in [1.165, 1.54) is 29.5 Å². The predicted octanol–water partition coefficient (Wildman–Crippen LogP) is 0.293. The minimum atomic E-state index is -0.971. The number of aromatic nitrogens is 3. The number of hydrogen-bond donors (Lipinski definition) is 2. The number of carboxylic acid groups (broad SMARTS) is 1. The summed E-state index contributed by atoms with van der Waals surface area (Å²) in [6.07, 6.45) is 2.82. The summed E-state index contributed by atoms with van der Waals surface area (Å²) in [7, 11) is 0. The molecule has 1 amide bonds. The second-order valence-electron chi connectivity index (χ2n) is 3.87. The Bertz CT molecular complexity index is 563. The fourth-order valence-electron chi connectivity index (χ4n) is 1.48. The summed E-state index contributed by atoms with van der Waals surface area (Å²) >= 11 is 0. The smallest absolute Gasteiger partial charge is 0.335 e. The Balaban J connectivity index is 1.84. The summed E-state index contributed by atoms with van der Waals surface area (Å²) in [4.78, 5) is 26.0. The van der Waals surface area contributed by atoms with Gasteiger partial charge in [-0.05, 0) is 17.7 Å². The number of nitrogens with one attached hydrogen (secondary N) is 1. The van der Waals surface area contributed by atoms with Crippen molar-refractivity contribution in [1.82, 2.24) is 20.1 Å². The van der Waals surface area contributed by atoms with Crippen molar-refractivity contribution in [3.8, 4) is 0 Å². The molecule has 7 heteroatoms. The molecule has 2 aromatic rings. The normalized spacial score (nSPS) is 10.1. The maximum absolute atomic E-state index is 11.6. The van der Waals surface area contributed by atoms with Crippen LogP contribution in [0.25, 0.3) is 0 Å². The molecule has 0 aliphatic rings. The molecule has 0 radical (unpaired) electrons. The zero-order valence-electron chi connectivity index (χ0n) is 9.98. The molecule has 0 saturated heterocycles. The molecular weight excluding hydrogens is 248 g/mol. The number of hydrogen-bond acceptors (Lipinski definition) is 4. The fraction of sp³-hybridized carbons (Fsp3) is 0.167. The number of rotatable bonds is 5. The number of amides is 1. The summed E-state index contributed by atoms with van der Waals surface area (Å²) in [6, 6.07) is 6.33. The Kier molecular flexibility index (Phi) is 3.87. The van der Waals surface area contributed by atoms with E-state index in [1.54, 1.807) is 12.1 Å². The molecule has 0 bridgehead atoms. The van der Waals surface area contributed by atoms with E-state index < -0.39 is 5.97 Å². The van der Waals surface area contributed by atoms with Crippen LogP contribution in [0, 0.1) is 0 Å². The second-order valence-corrected chi connectivity index (χ2v) is 3.87. The Labute approximate surface area is 108 Å². The van der Waals surface area contributed by atoms with Crippen LogP contribution in [0.15, 0.2) is 36.9 Å². The van der Waals surface area contributed by atoms with E-state index in [9.17, 15) is 9.59 Å². The number of aromatic carboxylic acids is 1. The fourth-order valence-corrected chi connectivity index (χ4v) is 1.48. The zero-order chi connectivity index (χ0) is 13.7. The molecule has 19 heavy (non-hydrogen) atoms. The third-order valence-electron chi connectivity index (χ3n) is 2.46. The van der Waals surface area contributed by atoms with Crippen molar-refractivity contribution in [2.24, 2.45) is 0 Å². The molecule has 0 spiro atoms. The monoisotopic (exact) mass is 260 g/mol. The highest BCUT2D eigenvalue weighted by Gasteiger charge is 2.04. The average Bonchev–Trinajstić information content (AvgIpc) is 2.89. The largest absolute Gasteiger partial charge is 0.478 e. The van der Waals surface area contributed by atoms with Crippen molar-refractivity contribution < 1.29 is 14.7 Å². The predicted molar refractivity (Wildman–Crippen MR) is 65.3 cm³/mol. The lowest BCUT2D eigenvalue weighted by Crippen LogP contribution is -2.27. The van der Waals surface area contributed by atoms with Gasteiger partial charge in [0.15, 0.2) is 0 Å². The number of nitrogens with zero attached hydrogens (tertiary/aromatic N) is 3. The van der Waals surface area contributed by atoms with Crippen molar-refractivity contribution in [3.05, 3.63) is 48.0 Å². The first-order chi connectivity index (χ1) is 9.15. The van der Waals surface area contributed by atoms with Crippen molar-refractivity contribution in [2.75, 3.05) is 0 Å². The van der Waals surface area contributed by atoms with Crippen LogP contribution in [0.5, 0.6) is 0 Å². The highest BCUT2D eigenvalue weighted by atomic mass is 16.4. The van der Waals surface area contributed by atoms with Gasteiger partial charge >= 0.3 is 5.97 Å². The Hall–Kier alpha value is -2.70. The lowest BCUT2D eigenvalue weighted by molar-refractivity contribution is -0.122. The number of benzene rings is 1. The summed E-state index contributed by atoms with van der Waals surface area (Å²) in [5, 5.41) is 15.3. The van der Waals surface area contributed by atoms with Gasteiger partial charge in [0, 0.05) is 6.54 Å². The first-order valence-electron chi connectivity index (χ1n) is 5.56. The quantitative estimate of drug-likeness (QED) is 0.805. The summed E-state index contributed by atoms with van der Waals surface area (Å²) in [5.74, 6) is -1.16. The van der Waals surface area contributed by atoms with Gasteiger partial charge in [-0.15, -0.1) is 0 Å². The van der Waals surface area contributed by atoms with E-state index >= 15 is 0 Å². The lowest BCUT2D eigenvalue weighted by atomic mass is 10.1. The maximum atomic E-state index is 11.6. The second kappa shape index (κ2) is 5.76. The van der Waals surface area contributed by atoms with Crippen LogP contribution in [0.2, 0.25) is 0 Å². The van der Waals surface area contributed by atoms with Gasteiger partial charge in [-0.1, -0.05) is 12.1 Å². The zero-order valence-corrected chi connectivity index (χ0v) is 9.98. The summed E-state index contributed by atoms with van der Waals surface area (Å²) in [5.41, 5.74) is 1.05.